The molecule has 4 heteroatoms. The average molecular weight is 184 g/mol. The van der Waals surface area contributed by atoms with Gasteiger partial charge >= 0.3 is 22.4 Å². The van der Waals surface area contributed by atoms with Crippen molar-refractivity contribution in [3.05, 3.63) is 0 Å². The molecule has 0 rings (SSSR count). The molecule has 0 spiro atoms. The smallest absolute Gasteiger partial charge is 0.377 e. The predicted octanol–water partition coefficient (Wildman–Crippen LogP) is -0.814. The van der Waals surface area contributed by atoms with E-state index in [-0.39, 0.29) is 27.5 Å². The summed E-state index contributed by atoms with van der Waals surface area (Å²) in [7, 11) is 0. The Hall–Kier alpha value is 0.430. The standard InChI is InChI=1S/CH4N2S.Ag/c2-1(3)4;/h(H4,2,3,4);/q;+1. The summed E-state index contributed by atoms with van der Waals surface area (Å²) < 4.78 is 0. The second-order valence-corrected chi connectivity index (χ2v) is 0.874. The monoisotopic (exact) mass is 183 g/mol. The Morgan fingerprint density at radius 2 is 1.40 bits per heavy atom. The van der Waals surface area contributed by atoms with Crippen LogP contribution < -0.4 is 11.5 Å². The van der Waals surface area contributed by atoms with E-state index in [0.717, 1.165) is 0 Å². The third kappa shape index (κ3) is 141. The Kier molecular flexibility index (Phi) is 8.03. The molecule has 0 aliphatic carbocycles. The Bertz CT molecular complexity index is 32.6. The molecule has 0 saturated heterocycles. The molecule has 0 aromatic rings. The fraction of sp³-hybridized carbons (Fsp3) is 0. The van der Waals surface area contributed by atoms with Gasteiger partial charge in [0.1, 0.15) is 0 Å². The minimum absolute atomic E-state index is 0. The van der Waals surface area contributed by atoms with E-state index in [0.29, 0.717) is 0 Å². The van der Waals surface area contributed by atoms with Gasteiger partial charge in [-0.2, -0.15) is 0 Å². The van der Waals surface area contributed by atoms with E-state index in [1.54, 1.807) is 0 Å². The molecule has 0 saturated carbocycles. The molecular weight excluding hydrogens is 180 g/mol. The summed E-state index contributed by atoms with van der Waals surface area (Å²) in [6.45, 7) is 0. The first kappa shape index (κ1) is 9.06. The maximum absolute atomic E-state index is 4.62. The number of hydrogen-bond donors (Lipinski definition) is 2. The van der Waals surface area contributed by atoms with Gasteiger partial charge < -0.3 is 11.5 Å². The van der Waals surface area contributed by atoms with E-state index < -0.39 is 0 Å². The molecule has 0 radical (unpaired) electrons. The maximum Gasteiger partial charge on any atom is 1.00 e. The molecule has 0 bridgehead atoms. The Morgan fingerprint density at radius 1 is 1.40 bits per heavy atom. The summed E-state index contributed by atoms with van der Waals surface area (Å²) >= 11 is 4.09. The van der Waals surface area contributed by atoms with Gasteiger partial charge in [-0.15, -0.1) is 0 Å². The van der Waals surface area contributed by atoms with Crippen molar-refractivity contribution in [2.45, 2.75) is 0 Å². The second-order valence-electron chi connectivity index (χ2n) is 0.402. The van der Waals surface area contributed by atoms with Gasteiger partial charge in [0.25, 0.3) is 0 Å². The normalized spacial score (nSPS) is 4.80. The molecule has 5 heavy (non-hydrogen) atoms. The van der Waals surface area contributed by atoms with Gasteiger partial charge in [0.2, 0.25) is 0 Å². The summed E-state index contributed by atoms with van der Waals surface area (Å²) in [6.07, 6.45) is 0. The molecule has 0 amide bonds. The summed E-state index contributed by atoms with van der Waals surface area (Å²) in [4.78, 5) is 0. The number of hydrogen-bond acceptors (Lipinski definition) is 1. The number of rotatable bonds is 0. The zero-order chi connectivity index (χ0) is 3.58. The van der Waals surface area contributed by atoms with Crippen LogP contribution in [0.15, 0.2) is 0 Å². The van der Waals surface area contributed by atoms with E-state index in [1.807, 2.05) is 0 Å². The third-order valence-electron chi connectivity index (χ3n) is 0. The number of nitrogens with two attached hydrogens (primary N) is 2. The summed E-state index contributed by atoms with van der Waals surface area (Å²) in [5.41, 5.74) is 9.24. The summed E-state index contributed by atoms with van der Waals surface area (Å²) in [5.74, 6) is 0. The molecule has 34 valence electrons. The van der Waals surface area contributed by atoms with Crippen LogP contribution in [0.25, 0.3) is 0 Å². The van der Waals surface area contributed by atoms with Crippen LogP contribution in [0.4, 0.5) is 0 Å². The van der Waals surface area contributed by atoms with E-state index in [4.69, 9.17) is 0 Å². The molecule has 0 aromatic carbocycles. The van der Waals surface area contributed by atoms with E-state index in [9.17, 15) is 0 Å². The molecule has 4 N–H and O–H groups in total. The molecule has 2 nitrogen and oxygen atoms in total. The van der Waals surface area contributed by atoms with Crippen molar-refractivity contribution in [1.29, 1.82) is 0 Å². The van der Waals surface area contributed by atoms with Crippen molar-refractivity contribution in [3.8, 4) is 0 Å². The van der Waals surface area contributed by atoms with Gasteiger partial charge in [0.05, 0.1) is 0 Å². The van der Waals surface area contributed by atoms with Crippen LogP contribution in [0.1, 0.15) is 0 Å². The minimum atomic E-state index is 0. The second kappa shape index (κ2) is 4.43. The van der Waals surface area contributed by atoms with E-state index >= 15 is 0 Å². The first-order valence-electron chi connectivity index (χ1n) is 0.781. The molecular formula is CH4AgN2S+. The van der Waals surface area contributed by atoms with Gasteiger partial charge in [-0.25, -0.2) is 0 Å². The van der Waals surface area contributed by atoms with Crippen molar-refractivity contribution < 1.29 is 22.4 Å². The average Bonchev–Trinajstić information content (AvgIpc) is 0.811. The first-order valence-corrected chi connectivity index (χ1v) is 1.19. The number of thiocarbonyl (C=S) groups is 1. The van der Waals surface area contributed by atoms with Crippen LogP contribution in [0.3, 0.4) is 0 Å². The van der Waals surface area contributed by atoms with Crippen molar-refractivity contribution in [2.75, 3.05) is 0 Å². The molecule has 0 aliphatic rings. The van der Waals surface area contributed by atoms with E-state index in [1.165, 1.54) is 0 Å². The van der Waals surface area contributed by atoms with Gasteiger partial charge in [0, 0.05) is 0 Å². The zero-order valence-corrected chi connectivity index (χ0v) is 4.66. The van der Waals surface area contributed by atoms with Crippen LogP contribution in [0, 0.1) is 0 Å². The Balaban J connectivity index is 0. The molecule has 0 aliphatic heterocycles. The van der Waals surface area contributed by atoms with Crippen LogP contribution in [0.5, 0.6) is 0 Å². The summed E-state index contributed by atoms with van der Waals surface area (Å²) in [5, 5.41) is 0.000000000000000222. The largest absolute Gasteiger partial charge is 1.00 e. The topological polar surface area (TPSA) is 52.0 Å². The van der Waals surface area contributed by atoms with Crippen LogP contribution in [0.2, 0.25) is 0 Å². The van der Waals surface area contributed by atoms with Crippen LogP contribution in [-0.4, -0.2) is 5.11 Å². The molecule has 0 aromatic heterocycles. The molecule has 0 fully saturated rings. The Morgan fingerprint density at radius 3 is 1.40 bits per heavy atom. The fourth-order valence-corrected chi connectivity index (χ4v) is 0. The Labute approximate surface area is 51.4 Å². The van der Waals surface area contributed by atoms with Gasteiger partial charge in [0.15, 0.2) is 5.11 Å². The fourth-order valence-electron chi connectivity index (χ4n) is 0. The first-order chi connectivity index (χ1) is 1.73. The van der Waals surface area contributed by atoms with Crippen molar-refractivity contribution >= 4 is 17.3 Å². The minimum Gasteiger partial charge on any atom is -0.377 e. The SMILES string of the molecule is NC(N)=S.[Ag+]. The van der Waals surface area contributed by atoms with Crippen molar-refractivity contribution in [3.63, 3.8) is 0 Å². The van der Waals surface area contributed by atoms with Gasteiger partial charge in [-0.05, 0) is 12.2 Å². The quantitative estimate of drug-likeness (QED) is 0.382. The van der Waals surface area contributed by atoms with Crippen LogP contribution in [-0.2, 0) is 22.4 Å². The van der Waals surface area contributed by atoms with Gasteiger partial charge in [-0.3, -0.25) is 0 Å². The third-order valence-corrected chi connectivity index (χ3v) is 0. The van der Waals surface area contributed by atoms with Crippen molar-refractivity contribution in [1.82, 2.24) is 0 Å². The van der Waals surface area contributed by atoms with E-state index in [2.05, 4.69) is 23.7 Å². The zero-order valence-electron chi connectivity index (χ0n) is 2.36. The summed E-state index contributed by atoms with van der Waals surface area (Å²) in [6, 6.07) is 0. The van der Waals surface area contributed by atoms with Crippen molar-refractivity contribution in [2.24, 2.45) is 11.5 Å². The molecule has 0 unspecified atom stereocenters. The van der Waals surface area contributed by atoms with Crippen LogP contribution >= 0.6 is 12.2 Å². The predicted molar refractivity (Wildman–Crippen MR) is 21.0 cm³/mol. The van der Waals surface area contributed by atoms with Gasteiger partial charge in [-0.1, -0.05) is 0 Å². The molecule has 0 atom stereocenters. The molecule has 0 heterocycles. The maximum atomic E-state index is 4.62.